The number of carbonyl (C=O) groups excluding carboxylic acids is 2. The van der Waals surface area contributed by atoms with Crippen LogP contribution in [0.3, 0.4) is 0 Å². The Hall–Kier alpha value is -3.43. The van der Waals surface area contributed by atoms with Crippen LogP contribution in [0.25, 0.3) is 11.4 Å². The summed E-state index contributed by atoms with van der Waals surface area (Å²) in [5.41, 5.74) is 0.776. The molecular weight excluding hydrogens is 484 g/mol. The molecule has 1 aromatic heterocycles. The number of para-hydroxylation sites is 1. The van der Waals surface area contributed by atoms with Gasteiger partial charge in [0.15, 0.2) is 6.61 Å². The monoisotopic (exact) mass is 512 g/mol. The summed E-state index contributed by atoms with van der Waals surface area (Å²) in [4.78, 5) is 34.0. The number of benzene rings is 2. The summed E-state index contributed by atoms with van der Waals surface area (Å²) in [6.45, 7) is 0.878. The number of ether oxygens (including phenoxy) is 2. The molecule has 1 fully saturated rings. The molecule has 1 unspecified atom stereocenters. The second-order valence-electron chi connectivity index (χ2n) is 8.47. The van der Waals surface area contributed by atoms with Crippen molar-refractivity contribution in [3.05, 3.63) is 65.5 Å². The van der Waals surface area contributed by atoms with Gasteiger partial charge < -0.3 is 23.8 Å². The Kier molecular flexibility index (Phi) is 8.91. The fourth-order valence-electron chi connectivity index (χ4n) is 4.07. The summed E-state index contributed by atoms with van der Waals surface area (Å²) in [7, 11) is 1.56. The second kappa shape index (κ2) is 12.5. The van der Waals surface area contributed by atoms with Gasteiger partial charge in [-0.2, -0.15) is 4.98 Å². The first-order valence-corrected chi connectivity index (χ1v) is 12.3. The number of hydrogen-bond donors (Lipinski definition) is 0. The smallest absolute Gasteiger partial charge is 0.261 e. The number of aromatic nitrogens is 2. The van der Waals surface area contributed by atoms with Gasteiger partial charge in [-0.1, -0.05) is 35.0 Å². The third-order valence-corrected chi connectivity index (χ3v) is 6.25. The van der Waals surface area contributed by atoms with E-state index in [1.54, 1.807) is 36.3 Å². The second-order valence-corrected chi connectivity index (χ2v) is 8.91. The Labute approximate surface area is 214 Å². The Morgan fingerprint density at radius 1 is 1.14 bits per heavy atom. The molecule has 0 bridgehead atoms. The summed E-state index contributed by atoms with van der Waals surface area (Å²) in [5.74, 6) is 0.938. The zero-order chi connectivity index (χ0) is 25.3. The third kappa shape index (κ3) is 6.61. The largest absolute Gasteiger partial charge is 0.484 e. The van der Waals surface area contributed by atoms with Gasteiger partial charge in [0.2, 0.25) is 17.6 Å². The van der Waals surface area contributed by atoms with Gasteiger partial charge >= 0.3 is 0 Å². The molecule has 36 heavy (non-hydrogen) atoms. The van der Waals surface area contributed by atoms with E-state index in [0.29, 0.717) is 42.1 Å². The number of hydrogen-bond acceptors (Lipinski definition) is 7. The van der Waals surface area contributed by atoms with Crippen LogP contribution in [0, 0.1) is 0 Å². The van der Waals surface area contributed by atoms with Gasteiger partial charge in [0.1, 0.15) is 11.8 Å². The maximum absolute atomic E-state index is 13.4. The lowest BCUT2D eigenvalue weighted by molar-refractivity contribution is -0.144. The number of carbonyl (C=O) groups is 2. The minimum Gasteiger partial charge on any atom is -0.484 e. The van der Waals surface area contributed by atoms with Crippen molar-refractivity contribution in [2.45, 2.75) is 25.3 Å². The molecule has 1 saturated heterocycles. The van der Waals surface area contributed by atoms with Crippen molar-refractivity contribution in [1.82, 2.24) is 19.9 Å². The highest BCUT2D eigenvalue weighted by atomic mass is 35.5. The summed E-state index contributed by atoms with van der Waals surface area (Å²) < 4.78 is 16.3. The Morgan fingerprint density at radius 3 is 2.67 bits per heavy atom. The molecule has 10 heteroatoms. The van der Waals surface area contributed by atoms with Crippen molar-refractivity contribution in [3.8, 4) is 17.1 Å². The number of likely N-dealkylation sites (tertiary alicyclic amines) is 1. The highest BCUT2D eigenvalue weighted by molar-refractivity contribution is 6.30. The van der Waals surface area contributed by atoms with E-state index in [1.807, 2.05) is 30.3 Å². The van der Waals surface area contributed by atoms with E-state index < -0.39 is 0 Å². The zero-order valence-corrected chi connectivity index (χ0v) is 20.9. The zero-order valence-electron chi connectivity index (χ0n) is 20.1. The first-order chi connectivity index (χ1) is 17.5. The molecule has 0 N–H and O–H groups in total. The van der Waals surface area contributed by atoms with Crippen molar-refractivity contribution >= 4 is 23.4 Å². The van der Waals surface area contributed by atoms with Crippen molar-refractivity contribution in [2.24, 2.45) is 0 Å². The van der Waals surface area contributed by atoms with Gasteiger partial charge in [-0.3, -0.25) is 9.59 Å². The number of rotatable bonds is 10. The van der Waals surface area contributed by atoms with Crippen LogP contribution < -0.4 is 4.74 Å². The summed E-state index contributed by atoms with van der Waals surface area (Å²) >= 11 is 5.97. The summed E-state index contributed by atoms with van der Waals surface area (Å²) in [6, 6.07) is 15.9. The van der Waals surface area contributed by atoms with Crippen LogP contribution >= 0.6 is 11.6 Å². The molecule has 0 saturated carbocycles. The van der Waals surface area contributed by atoms with Gasteiger partial charge in [-0.15, -0.1) is 0 Å². The molecule has 2 aromatic carbocycles. The molecule has 9 nitrogen and oxygen atoms in total. The Bertz CT molecular complexity index is 1140. The predicted octanol–water partition coefficient (Wildman–Crippen LogP) is 4.00. The standard InChI is InChI=1S/C26H29ClN4O5/c1-34-16-15-30(24(33)18-35-21-7-3-2-4-8-21)17-23(32)31-14-6-5-9-22(31)26-28-25(29-36-26)19-10-12-20(27)13-11-19/h2-4,7-8,10-13,22H,5-6,9,14-18H2,1H3. The average Bonchev–Trinajstić information content (AvgIpc) is 3.41. The maximum Gasteiger partial charge on any atom is 0.261 e. The Balaban J connectivity index is 1.44. The number of methoxy groups -OCH3 is 1. The highest BCUT2D eigenvalue weighted by Gasteiger charge is 2.33. The van der Waals surface area contributed by atoms with Gasteiger partial charge in [-0.25, -0.2) is 0 Å². The van der Waals surface area contributed by atoms with Gasteiger partial charge in [0.25, 0.3) is 5.91 Å². The lowest BCUT2D eigenvalue weighted by atomic mass is 10.0. The average molecular weight is 513 g/mol. The predicted molar refractivity (Wildman–Crippen MR) is 133 cm³/mol. The molecule has 3 aromatic rings. The molecule has 4 rings (SSSR count). The van der Waals surface area contributed by atoms with E-state index in [0.717, 1.165) is 18.4 Å². The van der Waals surface area contributed by atoms with Gasteiger partial charge in [0.05, 0.1) is 13.2 Å². The molecule has 1 atom stereocenters. The molecule has 0 radical (unpaired) electrons. The van der Waals surface area contributed by atoms with Crippen LogP contribution in [0.15, 0.2) is 59.1 Å². The molecule has 0 aliphatic carbocycles. The normalized spacial score (nSPS) is 15.5. The van der Waals surface area contributed by atoms with E-state index in [9.17, 15) is 9.59 Å². The maximum atomic E-state index is 13.4. The van der Waals surface area contributed by atoms with Gasteiger partial charge in [-0.05, 0) is 55.7 Å². The first kappa shape index (κ1) is 25.7. The van der Waals surface area contributed by atoms with Crippen LogP contribution in [0.5, 0.6) is 5.75 Å². The van der Waals surface area contributed by atoms with E-state index in [2.05, 4.69) is 10.1 Å². The first-order valence-electron chi connectivity index (χ1n) is 11.9. The van der Waals surface area contributed by atoms with Crippen LogP contribution in [-0.4, -0.2) is 71.7 Å². The fourth-order valence-corrected chi connectivity index (χ4v) is 4.20. The minimum atomic E-state index is -0.347. The fraction of sp³-hybridized carbons (Fsp3) is 0.385. The molecular formula is C26H29ClN4O5. The SMILES string of the molecule is COCCN(CC(=O)N1CCCCC1c1nc(-c2ccc(Cl)cc2)no1)C(=O)COc1ccccc1. The van der Waals surface area contributed by atoms with Gasteiger partial charge in [0, 0.05) is 30.8 Å². The molecule has 2 amide bonds. The van der Waals surface area contributed by atoms with Crippen LogP contribution in [0.4, 0.5) is 0 Å². The van der Waals surface area contributed by atoms with E-state index in [1.165, 1.54) is 4.90 Å². The quantitative estimate of drug-likeness (QED) is 0.405. The van der Waals surface area contributed by atoms with Crippen molar-refractivity contribution < 1.29 is 23.6 Å². The van der Waals surface area contributed by atoms with Crippen LogP contribution in [0.1, 0.15) is 31.2 Å². The summed E-state index contributed by atoms with van der Waals surface area (Å²) in [6.07, 6.45) is 2.50. The minimum absolute atomic E-state index is 0.0883. The third-order valence-electron chi connectivity index (χ3n) is 6.00. The number of halogens is 1. The van der Waals surface area contributed by atoms with Crippen LogP contribution in [-0.2, 0) is 14.3 Å². The van der Waals surface area contributed by atoms with Crippen molar-refractivity contribution in [3.63, 3.8) is 0 Å². The number of nitrogens with zero attached hydrogens (tertiary/aromatic N) is 4. The molecule has 1 aliphatic rings. The lowest BCUT2D eigenvalue weighted by Gasteiger charge is -2.35. The Morgan fingerprint density at radius 2 is 1.92 bits per heavy atom. The van der Waals surface area contributed by atoms with E-state index >= 15 is 0 Å². The van der Waals surface area contributed by atoms with E-state index in [-0.39, 0.29) is 37.6 Å². The number of amides is 2. The molecule has 1 aliphatic heterocycles. The highest BCUT2D eigenvalue weighted by Crippen LogP contribution is 2.31. The van der Waals surface area contributed by atoms with Crippen molar-refractivity contribution in [2.75, 3.05) is 40.0 Å². The lowest BCUT2D eigenvalue weighted by Crippen LogP contribution is -2.47. The van der Waals surface area contributed by atoms with E-state index in [4.69, 9.17) is 25.6 Å². The topological polar surface area (TPSA) is 98.0 Å². The molecule has 0 spiro atoms. The van der Waals surface area contributed by atoms with Crippen LogP contribution in [0.2, 0.25) is 5.02 Å². The molecule has 190 valence electrons. The summed E-state index contributed by atoms with van der Waals surface area (Å²) in [5, 5.41) is 4.72. The number of piperidine rings is 1. The molecule has 2 heterocycles. The van der Waals surface area contributed by atoms with Crippen molar-refractivity contribution in [1.29, 1.82) is 0 Å².